The Morgan fingerprint density at radius 3 is 3.06 bits per heavy atom. The molecule has 1 aromatic rings. The first kappa shape index (κ1) is 11.2. The minimum absolute atomic E-state index is 0.177. The molecular weight excluding hydrogens is 228 g/mol. The monoisotopic (exact) mass is 240 g/mol. The van der Waals surface area contributed by atoms with Crippen LogP contribution in [0.4, 0.5) is 10.5 Å². The second kappa shape index (κ2) is 4.72. The van der Waals surface area contributed by atoms with E-state index in [-0.39, 0.29) is 12.0 Å². The normalized spacial score (nSPS) is 20.8. The first-order chi connectivity index (χ1) is 7.70. The number of rotatable bonds is 2. The fraction of sp³-hybridized carbons (Fsp3) is 0.364. The predicted octanol–water partition coefficient (Wildman–Crippen LogP) is 1.87. The van der Waals surface area contributed by atoms with Gasteiger partial charge < -0.3 is 10.5 Å². The van der Waals surface area contributed by atoms with Gasteiger partial charge in [0.15, 0.2) is 0 Å². The molecule has 4 nitrogen and oxygen atoms in total. The molecule has 5 heteroatoms. The molecule has 0 spiro atoms. The number of hydrogen-bond acceptors (Lipinski definition) is 3. The summed E-state index contributed by atoms with van der Waals surface area (Å²) < 4.78 is 5.05. The molecule has 1 unspecified atom stereocenters. The van der Waals surface area contributed by atoms with Gasteiger partial charge in [0, 0.05) is 29.7 Å². The van der Waals surface area contributed by atoms with Crippen molar-refractivity contribution >= 4 is 23.4 Å². The standard InChI is InChI=1S/C11H13ClN2O2/c12-9-2-1-3-10(4-9)14-6-8(5-13)7-16-11(14)15/h1-4,8H,5-7,13H2. The highest BCUT2D eigenvalue weighted by Gasteiger charge is 2.27. The quantitative estimate of drug-likeness (QED) is 0.859. The van der Waals surface area contributed by atoms with Crippen molar-refractivity contribution in [2.75, 3.05) is 24.6 Å². The molecule has 1 fully saturated rings. The molecule has 86 valence electrons. The van der Waals surface area contributed by atoms with E-state index in [1.807, 2.05) is 6.07 Å². The fourth-order valence-electron chi connectivity index (χ4n) is 1.65. The number of anilines is 1. The van der Waals surface area contributed by atoms with Gasteiger partial charge in [-0.15, -0.1) is 0 Å². The number of ether oxygens (including phenoxy) is 1. The van der Waals surface area contributed by atoms with Crippen LogP contribution in [-0.4, -0.2) is 25.8 Å². The third-order valence-electron chi connectivity index (χ3n) is 2.56. The smallest absolute Gasteiger partial charge is 0.414 e. The van der Waals surface area contributed by atoms with Gasteiger partial charge in [-0.25, -0.2) is 4.79 Å². The molecule has 16 heavy (non-hydrogen) atoms. The van der Waals surface area contributed by atoms with E-state index in [2.05, 4.69) is 0 Å². The van der Waals surface area contributed by atoms with Crippen molar-refractivity contribution in [3.8, 4) is 0 Å². The molecule has 0 radical (unpaired) electrons. The van der Waals surface area contributed by atoms with Crippen LogP contribution in [-0.2, 0) is 4.74 Å². The van der Waals surface area contributed by atoms with E-state index in [4.69, 9.17) is 22.1 Å². The Morgan fingerprint density at radius 1 is 1.56 bits per heavy atom. The largest absolute Gasteiger partial charge is 0.449 e. The van der Waals surface area contributed by atoms with Crippen molar-refractivity contribution in [1.82, 2.24) is 0 Å². The maximum atomic E-state index is 11.6. The van der Waals surface area contributed by atoms with Gasteiger partial charge in [-0.2, -0.15) is 0 Å². The number of carbonyl (C=O) groups is 1. The number of halogens is 1. The second-order valence-corrected chi connectivity index (χ2v) is 4.21. The number of carbonyl (C=O) groups excluding carboxylic acids is 1. The van der Waals surface area contributed by atoms with Crippen molar-refractivity contribution in [1.29, 1.82) is 0 Å². The van der Waals surface area contributed by atoms with Crippen LogP contribution in [0.5, 0.6) is 0 Å². The lowest BCUT2D eigenvalue weighted by atomic mass is 10.1. The molecule has 0 aliphatic carbocycles. The van der Waals surface area contributed by atoms with Crippen LogP contribution >= 0.6 is 11.6 Å². The lowest BCUT2D eigenvalue weighted by Gasteiger charge is -2.31. The zero-order chi connectivity index (χ0) is 11.5. The van der Waals surface area contributed by atoms with Gasteiger partial charge in [-0.1, -0.05) is 17.7 Å². The van der Waals surface area contributed by atoms with Gasteiger partial charge in [0.05, 0.1) is 6.61 Å². The number of cyclic esters (lactones) is 1. The highest BCUT2D eigenvalue weighted by atomic mass is 35.5. The third kappa shape index (κ3) is 2.28. The average Bonchev–Trinajstić information content (AvgIpc) is 2.30. The second-order valence-electron chi connectivity index (χ2n) is 3.77. The molecule has 1 aromatic carbocycles. The van der Waals surface area contributed by atoms with Crippen molar-refractivity contribution in [2.24, 2.45) is 11.7 Å². The van der Waals surface area contributed by atoms with Crippen molar-refractivity contribution < 1.29 is 9.53 Å². The number of hydrogen-bond donors (Lipinski definition) is 1. The van der Waals surface area contributed by atoms with Gasteiger partial charge in [-0.3, -0.25) is 4.90 Å². The molecule has 1 saturated heterocycles. The summed E-state index contributed by atoms with van der Waals surface area (Å²) in [4.78, 5) is 13.1. The van der Waals surface area contributed by atoms with E-state index in [0.29, 0.717) is 24.7 Å². The summed E-state index contributed by atoms with van der Waals surface area (Å²) in [7, 11) is 0. The van der Waals surface area contributed by atoms with Crippen LogP contribution in [0, 0.1) is 5.92 Å². The van der Waals surface area contributed by atoms with E-state index in [1.165, 1.54) is 0 Å². The van der Waals surface area contributed by atoms with Crippen LogP contribution in [0.25, 0.3) is 0 Å². The lowest BCUT2D eigenvalue weighted by molar-refractivity contribution is 0.117. The van der Waals surface area contributed by atoms with Crippen LogP contribution in [0.1, 0.15) is 0 Å². The summed E-state index contributed by atoms with van der Waals surface area (Å²) in [6.07, 6.45) is -0.341. The Bertz CT molecular complexity index is 397. The molecule has 0 bridgehead atoms. The predicted molar refractivity (Wildman–Crippen MR) is 62.7 cm³/mol. The summed E-state index contributed by atoms with van der Waals surface area (Å²) >= 11 is 5.88. The van der Waals surface area contributed by atoms with Crippen molar-refractivity contribution in [3.05, 3.63) is 29.3 Å². The number of amides is 1. The SMILES string of the molecule is NCC1COC(=O)N(c2cccc(Cl)c2)C1. The Labute approximate surface area is 98.9 Å². The fourth-order valence-corrected chi connectivity index (χ4v) is 1.83. The van der Waals surface area contributed by atoms with E-state index in [1.54, 1.807) is 23.1 Å². The number of nitrogens with two attached hydrogens (primary N) is 1. The molecule has 0 saturated carbocycles. The molecule has 1 aliphatic heterocycles. The molecule has 1 heterocycles. The molecule has 2 rings (SSSR count). The van der Waals surface area contributed by atoms with Gasteiger partial charge in [-0.05, 0) is 18.2 Å². The summed E-state index contributed by atoms with van der Waals surface area (Å²) in [6, 6.07) is 7.13. The van der Waals surface area contributed by atoms with Crippen molar-refractivity contribution in [2.45, 2.75) is 0 Å². The van der Waals surface area contributed by atoms with Gasteiger partial charge in [0.1, 0.15) is 0 Å². The zero-order valence-corrected chi connectivity index (χ0v) is 9.48. The Hall–Kier alpha value is -1.26. The lowest BCUT2D eigenvalue weighted by Crippen LogP contribution is -2.45. The van der Waals surface area contributed by atoms with Gasteiger partial charge >= 0.3 is 6.09 Å². The summed E-state index contributed by atoms with van der Waals surface area (Å²) in [5.74, 6) is 0.177. The van der Waals surface area contributed by atoms with E-state index < -0.39 is 0 Å². The first-order valence-corrected chi connectivity index (χ1v) is 5.48. The minimum Gasteiger partial charge on any atom is -0.449 e. The average molecular weight is 241 g/mol. The molecular formula is C11H13ClN2O2. The maximum Gasteiger partial charge on any atom is 0.414 e. The van der Waals surface area contributed by atoms with E-state index in [0.717, 1.165) is 5.69 Å². The van der Waals surface area contributed by atoms with Crippen LogP contribution in [0.2, 0.25) is 5.02 Å². The van der Waals surface area contributed by atoms with Gasteiger partial charge in [0.2, 0.25) is 0 Å². The van der Waals surface area contributed by atoms with Crippen LogP contribution in [0.15, 0.2) is 24.3 Å². The van der Waals surface area contributed by atoms with E-state index in [9.17, 15) is 4.79 Å². The topological polar surface area (TPSA) is 55.6 Å². The molecule has 1 atom stereocenters. The van der Waals surface area contributed by atoms with Crippen LogP contribution in [0.3, 0.4) is 0 Å². The third-order valence-corrected chi connectivity index (χ3v) is 2.79. The molecule has 1 aliphatic rings. The summed E-state index contributed by atoms with van der Waals surface area (Å²) in [5.41, 5.74) is 6.32. The summed E-state index contributed by atoms with van der Waals surface area (Å²) in [6.45, 7) is 1.48. The maximum absolute atomic E-state index is 11.6. The van der Waals surface area contributed by atoms with Crippen LogP contribution < -0.4 is 10.6 Å². The highest BCUT2D eigenvalue weighted by molar-refractivity contribution is 6.30. The molecule has 0 aromatic heterocycles. The number of nitrogens with zero attached hydrogens (tertiary/aromatic N) is 1. The molecule has 2 N–H and O–H groups in total. The van der Waals surface area contributed by atoms with Crippen molar-refractivity contribution in [3.63, 3.8) is 0 Å². The minimum atomic E-state index is -0.341. The van der Waals surface area contributed by atoms with Gasteiger partial charge in [0.25, 0.3) is 0 Å². The Balaban J connectivity index is 2.21. The number of benzene rings is 1. The molecule has 1 amide bonds. The first-order valence-electron chi connectivity index (χ1n) is 5.10. The highest BCUT2D eigenvalue weighted by Crippen LogP contribution is 2.23. The zero-order valence-electron chi connectivity index (χ0n) is 8.73. The Kier molecular flexibility index (Phi) is 3.31. The van der Waals surface area contributed by atoms with E-state index >= 15 is 0 Å². The Morgan fingerprint density at radius 2 is 2.38 bits per heavy atom. The summed E-state index contributed by atoms with van der Waals surface area (Å²) in [5, 5.41) is 0.597.